The van der Waals surface area contributed by atoms with E-state index in [0.717, 1.165) is 15.4 Å². The van der Waals surface area contributed by atoms with E-state index in [4.69, 9.17) is 27.9 Å². The highest BCUT2D eigenvalue weighted by atomic mass is 35.5. The molecule has 0 aromatic heterocycles. The van der Waals surface area contributed by atoms with Gasteiger partial charge in [0.2, 0.25) is 11.8 Å². The second kappa shape index (κ2) is 14.1. The van der Waals surface area contributed by atoms with Crippen molar-refractivity contribution in [2.75, 3.05) is 24.5 Å². The number of ether oxygens (including phenoxy) is 1. The molecule has 0 aliphatic carbocycles. The Bertz CT molecular complexity index is 1500. The maximum Gasteiger partial charge on any atom is 0.264 e. The SMILES string of the molecule is CCNC(=O)[C@H](CC)N(Cc1ccc(Cl)cc1Cl)C(=O)CN(c1cc(C)ccc1OC)S(=O)(=O)c1ccc(C)cc1. The van der Waals surface area contributed by atoms with E-state index in [0.29, 0.717) is 28.6 Å². The Morgan fingerprint density at radius 1 is 0.951 bits per heavy atom. The van der Waals surface area contributed by atoms with Gasteiger partial charge in [-0.25, -0.2) is 8.42 Å². The van der Waals surface area contributed by atoms with Gasteiger partial charge < -0.3 is 15.0 Å². The minimum absolute atomic E-state index is 0.0162. The molecule has 8 nitrogen and oxygen atoms in total. The van der Waals surface area contributed by atoms with E-state index in [9.17, 15) is 18.0 Å². The van der Waals surface area contributed by atoms with E-state index in [2.05, 4.69) is 5.32 Å². The van der Waals surface area contributed by atoms with Crippen molar-refractivity contribution in [3.8, 4) is 5.75 Å². The van der Waals surface area contributed by atoms with Gasteiger partial charge in [0.25, 0.3) is 10.0 Å². The van der Waals surface area contributed by atoms with Gasteiger partial charge in [-0.2, -0.15) is 0 Å². The van der Waals surface area contributed by atoms with Gasteiger partial charge in [-0.1, -0.05) is 60.0 Å². The Hall–Kier alpha value is -3.27. The van der Waals surface area contributed by atoms with Crippen LogP contribution in [0.25, 0.3) is 0 Å². The first-order valence-corrected chi connectivity index (χ1v) is 15.4. The van der Waals surface area contributed by atoms with Crippen LogP contribution in [0.5, 0.6) is 5.75 Å². The number of anilines is 1. The molecule has 1 atom stereocenters. The van der Waals surface area contributed by atoms with Crippen LogP contribution in [0.15, 0.2) is 65.6 Å². The van der Waals surface area contributed by atoms with Crippen LogP contribution >= 0.6 is 23.2 Å². The van der Waals surface area contributed by atoms with Crippen molar-refractivity contribution < 1.29 is 22.7 Å². The maximum atomic E-state index is 14.2. The summed E-state index contributed by atoms with van der Waals surface area (Å²) in [4.78, 5) is 28.6. The predicted molar refractivity (Wildman–Crippen MR) is 163 cm³/mol. The van der Waals surface area contributed by atoms with Crippen LogP contribution in [0.4, 0.5) is 5.69 Å². The number of sulfonamides is 1. The third-order valence-electron chi connectivity index (χ3n) is 6.58. The van der Waals surface area contributed by atoms with Crippen molar-refractivity contribution >= 4 is 50.7 Å². The summed E-state index contributed by atoms with van der Waals surface area (Å²) in [5.74, 6) is -0.662. The van der Waals surface area contributed by atoms with Gasteiger partial charge in [-0.05, 0) is 74.7 Å². The lowest BCUT2D eigenvalue weighted by Gasteiger charge is -2.33. The zero-order chi connectivity index (χ0) is 30.3. The summed E-state index contributed by atoms with van der Waals surface area (Å²) in [5.41, 5.74) is 2.43. The predicted octanol–water partition coefficient (Wildman–Crippen LogP) is 5.76. The molecule has 0 aliphatic heterocycles. The molecule has 2 amide bonds. The number of carbonyl (C=O) groups is 2. The van der Waals surface area contributed by atoms with Gasteiger partial charge in [0.15, 0.2) is 0 Å². The fourth-order valence-electron chi connectivity index (χ4n) is 4.39. The Morgan fingerprint density at radius 3 is 2.20 bits per heavy atom. The first-order chi connectivity index (χ1) is 19.4. The number of nitrogens with zero attached hydrogens (tertiary/aromatic N) is 2. The fraction of sp³-hybridized carbons (Fsp3) is 0.333. The maximum absolute atomic E-state index is 14.2. The number of hydrogen-bond acceptors (Lipinski definition) is 5. The van der Waals surface area contributed by atoms with E-state index in [1.165, 1.54) is 24.1 Å². The second-order valence-electron chi connectivity index (χ2n) is 9.58. The number of hydrogen-bond donors (Lipinski definition) is 1. The molecule has 0 radical (unpaired) electrons. The van der Waals surface area contributed by atoms with Crippen LogP contribution in [0.1, 0.15) is 37.0 Å². The Balaban J connectivity index is 2.15. The molecule has 0 unspecified atom stereocenters. The molecule has 0 aliphatic rings. The summed E-state index contributed by atoms with van der Waals surface area (Å²) in [6, 6.07) is 15.5. The summed E-state index contributed by atoms with van der Waals surface area (Å²) in [7, 11) is -2.80. The van der Waals surface area contributed by atoms with Gasteiger partial charge >= 0.3 is 0 Å². The van der Waals surface area contributed by atoms with Crippen LogP contribution in [0.2, 0.25) is 10.0 Å². The van der Waals surface area contributed by atoms with E-state index in [1.807, 2.05) is 13.8 Å². The van der Waals surface area contributed by atoms with Gasteiger partial charge in [0, 0.05) is 23.1 Å². The third kappa shape index (κ3) is 7.72. The van der Waals surface area contributed by atoms with Gasteiger partial charge in [-0.15, -0.1) is 0 Å². The van der Waals surface area contributed by atoms with Crippen LogP contribution in [0, 0.1) is 13.8 Å². The van der Waals surface area contributed by atoms with Crippen LogP contribution in [-0.4, -0.2) is 51.4 Å². The molecule has 0 bridgehead atoms. The third-order valence-corrected chi connectivity index (χ3v) is 8.94. The number of rotatable bonds is 12. The monoisotopic (exact) mass is 619 g/mol. The lowest BCUT2D eigenvalue weighted by Crippen LogP contribution is -2.52. The number of benzene rings is 3. The Kier molecular flexibility index (Phi) is 11.1. The number of aryl methyl sites for hydroxylation is 2. The van der Waals surface area contributed by atoms with Crippen molar-refractivity contribution in [3.63, 3.8) is 0 Å². The second-order valence-corrected chi connectivity index (χ2v) is 12.3. The topological polar surface area (TPSA) is 96.0 Å². The minimum atomic E-state index is -4.24. The number of methoxy groups -OCH3 is 1. The number of carbonyl (C=O) groups excluding carboxylic acids is 2. The van der Waals surface area contributed by atoms with E-state index in [-0.39, 0.29) is 28.8 Å². The molecule has 3 aromatic carbocycles. The van der Waals surface area contributed by atoms with Gasteiger partial charge in [0.1, 0.15) is 18.3 Å². The summed E-state index contributed by atoms with van der Waals surface area (Å²) < 4.78 is 34.7. The molecule has 0 saturated carbocycles. The fourth-order valence-corrected chi connectivity index (χ4v) is 6.28. The largest absolute Gasteiger partial charge is 0.495 e. The average molecular weight is 621 g/mol. The lowest BCUT2D eigenvalue weighted by atomic mass is 10.1. The summed E-state index contributed by atoms with van der Waals surface area (Å²) >= 11 is 12.5. The first-order valence-electron chi connectivity index (χ1n) is 13.2. The number of likely N-dealkylation sites (N-methyl/N-ethyl adjacent to an activating group) is 1. The number of nitrogens with one attached hydrogen (secondary N) is 1. The normalized spacial score (nSPS) is 12.0. The zero-order valence-electron chi connectivity index (χ0n) is 23.8. The molecule has 0 spiro atoms. The quantitative estimate of drug-likeness (QED) is 0.278. The smallest absolute Gasteiger partial charge is 0.264 e. The molecule has 220 valence electrons. The van der Waals surface area contributed by atoms with E-state index in [1.54, 1.807) is 62.4 Å². The average Bonchev–Trinajstić information content (AvgIpc) is 2.93. The highest BCUT2D eigenvalue weighted by Crippen LogP contribution is 2.34. The molecule has 3 rings (SSSR count). The van der Waals surface area contributed by atoms with E-state index >= 15 is 0 Å². The van der Waals surface area contributed by atoms with Crippen molar-refractivity contribution in [1.29, 1.82) is 0 Å². The van der Waals surface area contributed by atoms with Gasteiger partial charge in [0.05, 0.1) is 17.7 Å². The van der Waals surface area contributed by atoms with E-state index < -0.39 is 28.5 Å². The first kappa shape index (κ1) is 32.2. The lowest BCUT2D eigenvalue weighted by molar-refractivity contribution is -0.140. The number of amides is 2. The highest BCUT2D eigenvalue weighted by Gasteiger charge is 2.35. The zero-order valence-corrected chi connectivity index (χ0v) is 26.1. The molecule has 11 heteroatoms. The standard InChI is InChI=1S/C30H35Cl2N3O5S/c1-6-26(30(37)33-7-2)34(18-22-11-12-23(31)17-25(22)32)29(36)19-35(27-16-21(4)10-15-28(27)40-5)41(38,39)24-13-8-20(3)9-14-24/h8-17,26H,6-7,18-19H2,1-5H3,(H,33,37)/t26-/m0/s1. The van der Waals surface area contributed by atoms with Crippen molar-refractivity contribution in [2.45, 2.75) is 51.6 Å². The molecule has 0 heterocycles. The molecule has 0 saturated heterocycles. The molecule has 3 aromatic rings. The van der Waals surface area contributed by atoms with Crippen LogP contribution in [-0.2, 0) is 26.2 Å². The molecular weight excluding hydrogens is 585 g/mol. The highest BCUT2D eigenvalue weighted by molar-refractivity contribution is 7.92. The van der Waals surface area contributed by atoms with Crippen LogP contribution in [0.3, 0.4) is 0 Å². The summed E-state index contributed by atoms with van der Waals surface area (Å²) in [6.07, 6.45) is 0.293. The van der Waals surface area contributed by atoms with Crippen molar-refractivity contribution in [1.82, 2.24) is 10.2 Å². The summed E-state index contributed by atoms with van der Waals surface area (Å²) in [6.45, 7) is 6.99. The van der Waals surface area contributed by atoms with Crippen molar-refractivity contribution in [2.24, 2.45) is 0 Å². The Morgan fingerprint density at radius 2 is 1.61 bits per heavy atom. The molecular formula is C30H35Cl2N3O5S. The summed E-state index contributed by atoms with van der Waals surface area (Å²) in [5, 5.41) is 3.52. The molecule has 1 N–H and O–H groups in total. The van der Waals surface area contributed by atoms with Crippen molar-refractivity contribution in [3.05, 3.63) is 87.4 Å². The molecule has 0 fully saturated rings. The Labute approximate surface area is 252 Å². The number of halogens is 2. The van der Waals surface area contributed by atoms with Crippen LogP contribution < -0.4 is 14.4 Å². The molecule has 41 heavy (non-hydrogen) atoms. The minimum Gasteiger partial charge on any atom is -0.495 e. The van der Waals surface area contributed by atoms with Gasteiger partial charge in [-0.3, -0.25) is 13.9 Å².